The number of para-hydroxylation sites is 1. The smallest absolute Gasteiger partial charge is 0.417 e. The maximum Gasteiger partial charge on any atom is 0.417 e. The molecule has 0 spiro atoms. The lowest BCUT2D eigenvalue weighted by atomic mass is 10.0. The lowest BCUT2D eigenvalue weighted by molar-refractivity contribution is -0.145. The Bertz CT molecular complexity index is 1510. The molecule has 8 nitrogen and oxygen atoms in total. The van der Waals surface area contributed by atoms with Crippen LogP contribution in [0.4, 0.5) is 23.2 Å². The molecule has 0 aliphatic carbocycles. The number of benzene rings is 3. The standard InChI is InChI=1S/C26H22F4N2O6S/c1-37-17-10-12-18(13-11-17)39(35,36)32-14-16-6-3-4-9-21(16)31(15-22(32)25(34)38-2)24(33)23-19(26(28,29)30)7-5-8-20(23)27/h3-13,22H,14-15H2,1-2H3. The van der Waals surface area contributed by atoms with E-state index in [1.807, 2.05) is 0 Å². The summed E-state index contributed by atoms with van der Waals surface area (Å²) in [6.45, 7) is -1.18. The molecule has 3 aromatic carbocycles. The molecule has 1 unspecified atom stereocenters. The number of rotatable bonds is 5. The number of carbonyl (C=O) groups is 2. The van der Waals surface area contributed by atoms with Gasteiger partial charge in [0.15, 0.2) is 0 Å². The number of nitrogens with zero attached hydrogens (tertiary/aromatic N) is 2. The van der Waals surface area contributed by atoms with Gasteiger partial charge in [0.05, 0.1) is 36.8 Å². The van der Waals surface area contributed by atoms with E-state index >= 15 is 0 Å². The molecule has 0 bridgehead atoms. The Morgan fingerprint density at radius 3 is 2.23 bits per heavy atom. The maximum absolute atomic E-state index is 14.8. The molecule has 1 aliphatic heterocycles. The van der Waals surface area contributed by atoms with Crippen molar-refractivity contribution in [3.05, 3.63) is 89.2 Å². The predicted molar refractivity (Wildman–Crippen MR) is 131 cm³/mol. The van der Waals surface area contributed by atoms with Crippen LogP contribution >= 0.6 is 0 Å². The van der Waals surface area contributed by atoms with Crippen LogP contribution in [0.15, 0.2) is 71.6 Å². The van der Waals surface area contributed by atoms with Crippen LogP contribution in [0.25, 0.3) is 0 Å². The van der Waals surface area contributed by atoms with Gasteiger partial charge in [0.1, 0.15) is 17.6 Å². The average molecular weight is 567 g/mol. The molecule has 13 heteroatoms. The molecule has 4 rings (SSSR count). The van der Waals surface area contributed by atoms with Gasteiger partial charge >= 0.3 is 12.1 Å². The quantitative estimate of drug-likeness (QED) is 0.339. The van der Waals surface area contributed by atoms with Gasteiger partial charge in [0.2, 0.25) is 10.0 Å². The number of carbonyl (C=O) groups excluding carboxylic acids is 2. The number of anilines is 1. The molecule has 0 radical (unpaired) electrons. The monoisotopic (exact) mass is 566 g/mol. The topological polar surface area (TPSA) is 93.2 Å². The number of methoxy groups -OCH3 is 2. The molecule has 0 saturated carbocycles. The van der Waals surface area contributed by atoms with E-state index in [9.17, 15) is 35.6 Å². The summed E-state index contributed by atoms with van der Waals surface area (Å²) >= 11 is 0. The van der Waals surface area contributed by atoms with E-state index in [-0.39, 0.29) is 16.1 Å². The number of hydrogen-bond acceptors (Lipinski definition) is 6. The first-order valence-electron chi connectivity index (χ1n) is 11.4. The zero-order valence-electron chi connectivity index (χ0n) is 20.6. The average Bonchev–Trinajstić information content (AvgIpc) is 3.09. The van der Waals surface area contributed by atoms with Crippen LogP contribution in [0.1, 0.15) is 21.5 Å². The van der Waals surface area contributed by atoms with Gasteiger partial charge < -0.3 is 14.4 Å². The van der Waals surface area contributed by atoms with Gasteiger partial charge in [-0.25, -0.2) is 12.8 Å². The zero-order valence-corrected chi connectivity index (χ0v) is 21.4. The second-order valence-electron chi connectivity index (χ2n) is 8.47. The van der Waals surface area contributed by atoms with Gasteiger partial charge in [0, 0.05) is 12.2 Å². The third-order valence-electron chi connectivity index (χ3n) is 6.23. The van der Waals surface area contributed by atoms with Crippen molar-refractivity contribution in [3.8, 4) is 5.75 Å². The van der Waals surface area contributed by atoms with Crippen molar-refractivity contribution in [1.82, 2.24) is 4.31 Å². The predicted octanol–water partition coefficient (Wildman–Crippen LogP) is 4.25. The molecular formula is C26H22F4N2O6S. The summed E-state index contributed by atoms with van der Waals surface area (Å²) in [6.07, 6.45) is -5.07. The van der Waals surface area contributed by atoms with Gasteiger partial charge in [-0.15, -0.1) is 0 Å². The second-order valence-corrected chi connectivity index (χ2v) is 10.4. The van der Waals surface area contributed by atoms with Crippen LogP contribution in [0, 0.1) is 5.82 Å². The number of fused-ring (bicyclic) bond motifs is 1. The van der Waals surface area contributed by atoms with Crippen molar-refractivity contribution in [1.29, 1.82) is 0 Å². The van der Waals surface area contributed by atoms with Crippen LogP contribution < -0.4 is 9.64 Å². The van der Waals surface area contributed by atoms with Crippen LogP contribution in [0.2, 0.25) is 0 Å². The number of alkyl halides is 3. The minimum Gasteiger partial charge on any atom is -0.497 e. The number of hydrogen-bond donors (Lipinski definition) is 0. The van der Waals surface area contributed by atoms with Crippen LogP contribution in [0.3, 0.4) is 0 Å². The maximum atomic E-state index is 14.8. The van der Waals surface area contributed by atoms with E-state index in [0.29, 0.717) is 17.9 Å². The summed E-state index contributed by atoms with van der Waals surface area (Å²) in [5.41, 5.74) is -2.55. The number of sulfonamides is 1. The van der Waals surface area contributed by atoms with Gasteiger partial charge in [-0.05, 0) is 48.0 Å². The van der Waals surface area contributed by atoms with Crippen molar-refractivity contribution < 1.29 is 45.0 Å². The highest BCUT2D eigenvalue weighted by atomic mass is 32.2. The Hall–Kier alpha value is -3.97. The summed E-state index contributed by atoms with van der Waals surface area (Å²) in [5, 5.41) is 0. The van der Waals surface area contributed by atoms with Gasteiger partial charge in [-0.1, -0.05) is 24.3 Å². The minimum absolute atomic E-state index is 0.0141. The Balaban J connectivity index is 1.88. The first-order chi connectivity index (χ1) is 18.4. The van der Waals surface area contributed by atoms with Crippen LogP contribution in [-0.2, 0) is 32.3 Å². The summed E-state index contributed by atoms with van der Waals surface area (Å²) in [4.78, 5) is 27.1. The lowest BCUT2D eigenvalue weighted by Gasteiger charge is -2.29. The summed E-state index contributed by atoms with van der Waals surface area (Å²) in [7, 11) is -2.03. The highest BCUT2D eigenvalue weighted by Crippen LogP contribution is 2.37. The van der Waals surface area contributed by atoms with Gasteiger partial charge in [-0.2, -0.15) is 17.5 Å². The normalized spacial score (nSPS) is 16.3. The van der Waals surface area contributed by atoms with Crippen LogP contribution in [0.5, 0.6) is 5.75 Å². The molecular weight excluding hydrogens is 544 g/mol. The van der Waals surface area contributed by atoms with Gasteiger partial charge in [0.25, 0.3) is 5.91 Å². The second kappa shape index (κ2) is 10.7. The SMILES string of the molecule is COC(=O)C1CN(C(=O)c2c(F)cccc2C(F)(F)F)c2ccccc2CN1S(=O)(=O)c1ccc(OC)cc1. The highest BCUT2D eigenvalue weighted by Gasteiger charge is 2.44. The largest absolute Gasteiger partial charge is 0.497 e. The Morgan fingerprint density at radius 1 is 0.949 bits per heavy atom. The van der Waals surface area contributed by atoms with E-state index in [2.05, 4.69) is 0 Å². The number of amides is 1. The van der Waals surface area contributed by atoms with E-state index < -0.39 is 64.2 Å². The molecule has 0 saturated heterocycles. The first-order valence-corrected chi connectivity index (χ1v) is 12.8. The fourth-order valence-electron chi connectivity index (χ4n) is 4.32. The molecule has 0 N–H and O–H groups in total. The third kappa shape index (κ3) is 5.32. The van der Waals surface area contributed by atoms with E-state index in [1.165, 1.54) is 55.6 Å². The first kappa shape index (κ1) is 28.0. The number of halogens is 4. The molecule has 1 heterocycles. The molecule has 3 aromatic rings. The summed E-state index contributed by atoms with van der Waals surface area (Å²) in [6, 6.07) is 11.6. The molecule has 1 amide bonds. The third-order valence-corrected chi connectivity index (χ3v) is 8.10. The van der Waals surface area contributed by atoms with Crippen molar-refractivity contribution in [2.45, 2.75) is 23.7 Å². The van der Waals surface area contributed by atoms with E-state index in [1.54, 1.807) is 0 Å². The van der Waals surface area contributed by atoms with Crippen LogP contribution in [-0.4, -0.2) is 51.4 Å². The fraction of sp³-hybridized carbons (Fsp3) is 0.231. The van der Waals surface area contributed by atoms with Crippen molar-refractivity contribution in [2.75, 3.05) is 25.7 Å². The van der Waals surface area contributed by atoms with Gasteiger partial charge in [-0.3, -0.25) is 9.59 Å². The number of ether oxygens (including phenoxy) is 2. The zero-order chi connectivity index (χ0) is 28.5. The lowest BCUT2D eigenvalue weighted by Crippen LogP contribution is -2.50. The fourth-order valence-corrected chi connectivity index (χ4v) is 5.86. The van der Waals surface area contributed by atoms with E-state index in [4.69, 9.17) is 9.47 Å². The Kier molecular flexibility index (Phi) is 7.66. The molecule has 0 fully saturated rings. The molecule has 0 aromatic heterocycles. The Morgan fingerprint density at radius 2 is 1.62 bits per heavy atom. The Labute approximate surface area is 221 Å². The summed E-state index contributed by atoms with van der Waals surface area (Å²) < 4.78 is 94.2. The minimum atomic E-state index is -5.07. The van der Waals surface area contributed by atoms with Crippen molar-refractivity contribution >= 4 is 27.6 Å². The van der Waals surface area contributed by atoms with Crippen molar-refractivity contribution in [2.24, 2.45) is 0 Å². The summed E-state index contributed by atoms with van der Waals surface area (Å²) in [5.74, 6) is -3.51. The molecule has 39 heavy (non-hydrogen) atoms. The molecule has 206 valence electrons. The molecule has 1 atom stereocenters. The molecule has 1 aliphatic rings. The number of esters is 1. The highest BCUT2D eigenvalue weighted by molar-refractivity contribution is 7.89. The van der Waals surface area contributed by atoms with E-state index in [0.717, 1.165) is 22.4 Å². The van der Waals surface area contributed by atoms with Crippen molar-refractivity contribution in [3.63, 3.8) is 0 Å².